The molecule has 26 heavy (non-hydrogen) atoms. The second-order valence-electron chi connectivity index (χ2n) is 6.00. The molecule has 6 heteroatoms. The molecule has 0 fully saturated rings. The lowest BCUT2D eigenvalue weighted by Gasteiger charge is -2.16. The highest BCUT2D eigenvalue weighted by Crippen LogP contribution is 2.21. The van der Waals surface area contributed by atoms with Gasteiger partial charge in [0.1, 0.15) is 11.6 Å². The molecule has 1 aromatic heterocycles. The number of halogens is 2. The van der Waals surface area contributed by atoms with Crippen LogP contribution < -0.4 is 0 Å². The van der Waals surface area contributed by atoms with Crippen molar-refractivity contribution in [3.05, 3.63) is 77.8 Å². The molecule has 1 amide bonds. The molecule has 0 spiro atoms. The summed E-state index contributed by atoms with van der Waals surface area (Å²) in [7, 11) is 1.70. The molecule has 0 aliphatic rings. The maximum atomic E-state index is 13.0. The summed E-state index contributed by atoms with van der Waals surface area (Å²) in [5.74, 6) is 0.308. The van der Waals surface area contributed by atoms with E-state index in [0.717, 1.165) is 11.1 Å². The van der Waals surface area contributed by atoms with Gasteiger partial charge in [0.25, 0.3) is 0 Å². The molecular weight excluding hydrogens is 338 g/mol. The molecule has 0 atom stereocenters. The minimum absolute atomic E-state index is 0.0594. The zero-order valence-electron chi connectivity index (χ0n) is 14.3. The van der Waals surface area contributed by atoms with Crippen LogP contribution in [0.4, 0.5) is 8.78 Å². The molecule has 0 bridgehead atoms. The van der Waals surface area contributed by atoms with Crippen LogP contribution in [0.1, 0.15) is 17.9 Å². The summed E-state index contributed by atoms with van der Waals surface area (Å²) >= 11 is 0. The maximum Gasteiger partial charge on any atom is 0.223 e. The lowest BCUT2D eigenvalue weighted by atomic mass is 10.2. The molecule has 1 heterocycles. The van der Waals surface area contributed by atoms with Gasteiger partial charge in [-0.15, -0.1) is 0 Å². The number of benzene rings is 2. The van der Waals surface area contributed by atoms with Gasteiger partial charge in [-0.25, -0.2) is 13.8 Å². The Morgan fingerprint density at radius 2 is 1.65 bits per heavy atom. The predicted octanol–water partition coefficient (Wildman–Crippen LogP) is 4.21. The summed E-state index contributed by atoms with van der Waals surface area (Å²) in [5.41, 5.74) is 1.59. The summed E-state index contributed by atoms with van der Waals surface area (Å²) in [6, 6.07) is 12.0. The van der Waals surface area contributed by atoms with Crippen molar-refractivity contribution in [1.82, 2.24) is 9.88 Å². The lowest BCUT2D eigenvalue weighted by Crippen LogP contribution is -2.26. The van der Waals surface area contributed by atoms with E-state index in [1.807, 2.05) is 0 Å². The number of oxazole rings is 1. The lowest BCUT2D eigenvalue weighted by molar-refractivity contribution is -0.130. The van der Waals surface area contributed by atoms with Gasteiger partial charge in [-0.1, -0.05) is 12.1 Å². The van der Waals surface area contributed by atoms with E-state index in [1.165, 1.54) is 24.3 Å². The average Bonchev–Trinajstić information content (AvgIpc) is 3.11. The molecular formula is C20H18F2N2O2. The van der Waals surface area contributed by atoms with Crippen LogP contribution in [-0.4, -0.2) is 22.8 Å². The van der Waals surface area contributed by atoms with E-state index in [2.05, 4.69) is 4.98 Å². The Kier molecular flexibility index (Phi) is 5.41. The number of carbonyl (C=O) groups is 1. The van der Waals surface area contributed by atoms with E-state index in [-0.39, 0.29) is 24.0 Å². The van der Waals surface area contributed by atoms with Crippen LogP contribution in [0.3, 0.4) is 0 Å². The fourth-order valence-corrected chi connectivity index (χ4v) is 2.53. The van der Waals surface area contributed by atoms with E-state index in [9.17, 15) is 13.6 Å². The second kappa shape index (κ2) is 7.91. The number of nitrogens with zero attached hydrogens (tertiary/aromatic N) is 2. The zero-order valence-corrected chi connectivity index (χ0v) is 14.3. The number of hydrogen-bond donors (Lipinski definition) is 0. The summed E-state index contributed by atoms with van der Waals surface area (Å²) < 4.78 is 31.5. The number of amides is 1. The largest absolute Gasteiger partial charge is 0.441 e. The minimum atomic E-state index is -0.316. The zero-order chi connectivity index (χ0) is 18.5. The fourth-order valence-electron chi connectivity index (χ4n) is 2.53. The molecule has 0 aliphatic carbocycles. The van der Waals surface area contributed by atoms with Crippen LogP contribution >= 0.6 is 0 Å². The van der Waals surface area contributed by atoms with E-state index in [1.54, 1.807) is 42.4 Å². The molecule has 0 aliphatic heterocycles. The van der Waals surface area contributed by atoms with Gasteiger partial charge in [0.15, 0.2) is 11.7 Å². The van der Waals surface area contributed by atoms with Gasteiger partial charge in [0.05, 0.1) is 6.20 Å². The van der Waals surface area contributed by atoms with Crippen LogP contribution in [-0.2, 0) is 17.8 Å². The van der Waals surface area contributed by atoms with Gasteiger partial charge in [0, 0.05) is 32.0 Å². The normalized spacial score (nSPS) is 10.7. The van der Waals surface area contributed by atoms with Crippen molar-refractivity contribution < 1.29 is 18.0 Å². The third kappa shape index (κ3) is 4.53. The first-order chi connectivity index (χ1) is 12.5. The maximum absolute atomic E-state index is 13.0. The number of hydrogen-bond acceptors (Lipinski definition) is 3. The number of aromatic nitrogens is 1. The molecule has 134 valence electrons. The van der Waals surface area contributed by atoms with E-state index in [0.29, 0.717) is 24.6 Å². The third-order valence-corrected chi connectivity index (χ3v) is 3.99. The standard InChI is InChI=1S/C20H18F2N2O2/c1-24(13-14-2-6-16(21)7-3-14)20(25)11-10-19-23-12-18(26-19)15-4-8-17(22)9-5-15/h2-9,12H,10-11,13H2,1H3. The van der Waals surface area contributed by atoms with E-state index < -0.39 is 0 Å². The summed E-state index contributed by atoms with van der Waals surface area (Å²) in [4.78, 5) is 18.0. The van der Waals surface area contributed by atoms with Crippen LogP contribution in [0.2, 0.25) is 0 Å². The monoisotopic (exact) mass is 356 g/mol. The van der Waals surface area contributed by atoms with Crippen molar-refractivity contribution in [2.24, 2.45) is 0 Å². The topological polar surface area (TPSA) is 46.3 Å². The molecule has 2 aromatic carbocycles. The Balaban J connectivity index is 1.54. The molecule has 3 rings (SSSR count). The van der Waals surface area contributed by atoms with Crippen molar-refractivity contribution in [3.8, 4) is 11.3 Å². The average molecular weight is 356 g/mol. The fraction of sp³-hybridized carbons (Fsp3) is 0.200. The number of rotatable bonds is 6. The molecule has 0 saturated carbocycles. The van der Waals surface area contributed by atoms with Crippen molar-refractivity contribution in [1.29, 1.82) is 0 Å². The van der Waals surface area contributed by atoms with Gasteiger partial charge in [0.2, 0.25) is 5.91 Å². The van der Waals surface area contributed by atoms with Crippen molar-refractivity contribution in [2.75, 3.05) is 7.05 Å². The predicted molar refractivity (Wildman–Crippen MR) is 93.1 cm³/mol. The summed E-state index contributed by atoms with van der Waals surface area (Å²) in [6.07, 6.45) is 2.18. The van der Waals surface area contributed by atoms with Crippen molar-refractivity contribution >= 4 is 5.91 Å². The summed E-state index contributed by atoms with van der Waals surface area (Å²) in [6.45, 7) is 0.408. The Morgan fingerprint density at radius 1 is 1.04 bits per heavy atom. The van der Waals surface area contributed by atoms with Crippen molar-refractivity contribution in [3.63, 3.8) is 0 Å². The van der Waals surface area contributed by atoms with Crippen LogP contribution in [0.15, 0.2) is 59.1 Å². The van der Waals surface area contributed by atoms with Gasteiger partial charge >= 0.3 is 0 Å². The number of aryl methyl sites for hydroxylation is 1. The van der Waals surface area contributed by atoms with Crippen LogP contribution in [0.5, 0.6) is 0 Å². The molecule has 0 radical (unpaired) electrons. The van der Waals surface area contributed by atoms with Crippen molar-refractivity contribution in [2.45, 2.75) is 19.4 Å². The highest BCUT2D eigenvalue weighted by molar-refractivity contribution is 5.76. The number of carbonyl (C=O) groups excluding carboxylic acids is 1. The molecule has 0 unspecified atom stereocenters. The molecule has 4 nitrogen and oxygen atoms in total. The highest BCUT2D eigenvalue weighted by Gasteiger charge is 2.13. The third-order valence-electron chi connectivity index (χ3n) is 3.99. The van der Waals surface area contributed by atoms with E-state index >= 15 is 0 Å². The Hall–Kier alpha value is -3.02. The highest BCUT2D eigenvalue weighted by atomic mass is 19.1. The first kappa shape index (κ1) is 17.8. The smallest absolute Gasteiger partial charge is 0.223 e. The van der Waals surface area contributed by atoms with Gasteiger partial charge < -0.3 is 9.32 Å². The second-order valence-corrected chi connectivity index (χ2v) is 6.00. The first-order valence-electron chi connectivity index (χ1n) is 8.20. The SMILES string of the molecule is CN(Cc1ccc(F)cc1)C(=O)CCc1ncc(-c2ccc(F)cc2)o1. The first-order valence-corrected chi connectivity index (χ1v) is 8.20. The van der Waals surface area contributed by atoms with E-state index in [4.69, 9.17) is 4.42 Å². The quantitative estimate of drug-likeness (QED) is 0.665. The summed E-state index contributed by atoms with van der Waals surface area (Å²) in [5, 5.41) is 0. The molecule has 3 aromatic rings. The Labute approximate surface area is 150 Å². The molecule has 0 N–H and O–H groups in total. The molecule has 0 saturated heterocycles. The van der Waals surface area contributed by atoms with Crippen LogP contribution in [0, 0.1) is 11.6 Å². The van der Waals surface area contributed by atoms with Gasteiger partial charge in [-0.05, 0) is 42.0 Å². The Bertz CT molecular complexity index is 874. The van der Waals surface area contributed by atoms with Gasteiger partial charge in [-0.3, -0.25) is 4.79 Å². The minimum Gasteiger partial charge on any atom is -0.441 e. The van der Waals surface area contributed by atoms with Crippen LogP contribution in [0.25, 0.3) is 11.3 Å². The van der Waals surface area contributed by atoms with Gasteiger partial charge in [-0.2, -0.15) is 0 Å². The Morgan fingerprint density at radius 3 is 2.31 bits per heavy atom.